The van der Waals surface area contributed by atoms with Crippen LogP contribution in [0.3, 0.4) is 0 Å². The van der Waals surface area contributed by atoms with Crippen molar-refractivity contribution in [1.82, 2.24) is 4.98 Å². The number of nitrogens with zero attached hydrogens (tertiary/aromatic N) is 3. The lowest BCUT2D eigenvalue weighted by atomic mass is 9.99. The molecule has 0 saturated carbocycles. The van der Waals surface area contributed by atoms with Crippen LogP contribution < -0.4 is 0 Å². The van der Waals surface area contributed by atoms with Gasteiger partial charge in [-0.3, -0.25) is 9.98 Å². The Bertz CT molecular complexity index is 1610. The number of aliphatic imine (C=N–C) groups is 2. The molecule has 0 radical (unpaired) electrons. The normalized spacial score (nSPS) is 12.1. The largest absolute Gasteiger partial charge is 0.251 e. The average Bonchev–Trinajstić information content (AvgIpc) is 2.96. The molecule has 0 aliphatic rings. The predicted molar refractivity (Wildman–Crippen MR) is 161 cm³/mol. The molecule has 0 atom stereocenters. The van der Waals surface area contributed by atoms with Crippen molar-refractivity contribution in [3.05, 3.63) is 137 Å². The van der Waals surface area contributed by atoms with Crippen molar-refractivity contribution < 1.29 is 8.78 Å². The molecule has 0 unspecified atom stereocenters. The zero-order chi connectivity index (χ0) is 28.2. The first kappa shape index (κ1) is 26.8. The fourth-order valence-corrected chi connectivity index (χ4v) is 4.69. The fraction of sp³-hybridized carbons (Fsp3) is 0.114. The van der Waals surface area contributed by atoms with Gasteiger partial charge >= 0.3 is 0 Å². The molecule has 0 aliphatic carbocycles. The number of rotatable bonds is 6. The summed E-state index contributed by atoms with van der Waals surface area (Å²) in [7, 11) is 0. The predicted octanol–water partition coefficient (Wildman–Crippen LogP) is 9.59. The maximum Gasteiger partial charge on any atom is 0.123 e. The maximum atomic E-state index is 13.4. The highest BCUT2D eigenvalue weighted by Crippen LogP contribution is 2.32. The van der Waals surface area contributed by atoms with E-state index in [0.29, 0.717) is 0 Å². The number of hydrogen-bond acceptors (Lipinski definition) is 3. The number of pyridine rings is 1. The first-order valence-corrected chi connectivity index (χ1v) is 13.1. The van der Waals surface area contributed by atoms with Gasteiger partial charge in [0.1, 0.15) is 11.6 Å². The van der Waals surface area contributed by atoms with E-state index in [1.165, 1.54) is 24.3 Å². The molecule has 1 heterocycles. The highest BCUT2D eigenvalue weighted by molar-refractivity contribution is 6.02. The van der Waals surface area contributed by atoms with Crippen molar-refractivity contribution in [3.8, 4) is 22.3 Å². The summed E-state index contributed by atoms with van der Waals surface area (Å²) < 4.78 is 26.8. The summed E-state index contributed by atoms with van der Waals surface area (Å²) in [5.41, 5.74) is 10.7. The van der Waals surface area contributed by atoms with Crippen LogP contribution in [0.25, 0.3) is 22.3 Å². The van der Waals surface area contributed by atoms with Crippen LogP contribution in [-0.2, 0) is 0 Å². The Balaban J connectivity index is 1.44. The topological polar surface area (TPSA) is 37.6 Å². The van der Waals surface area contributed by atoms with Crippen molar-refractivity contribution in [1.29, 1.82) is 0 Å². The lowest BCUT2D eigenvalue weighted by Gasteiger charge is -2.11. The first-order valence-electron chi connectivity index (χ1n) is 13.1. The van der Waals surface area contributed by atoms with Crippen molar-refractivity contribution in [2.75, 3.05) is 0 Å². The molecule has 1 aromatic heterocycles. The lowest BCUT2D eigenvalue weighted by Crippen LogP contribution is -2.05. The summed E-state index contributed by atoms with van der Waals surface area (Å²) in [6.45, 7) is 7.93. The van der Waals surface area contributed by atoms with Gasteiger partial charge in [-0.25, -0.2) is 13.8 Å². The molecule has 0 amide bonds. The molecule has 5 aromatic rings. The van der Waals surface area contributed by atoms with Crippen LogP contribution in [0.5, 0.6) is 0 Å². The Morgan fingerprint density at radius 1 is 0.525 bits per heavy atom. The number of benzene rings is 4. The Morgan fingerprint density at radius 2 is 0.900 bits per heavy atom. The summed E-state index contributed by atoms with van der Waals surface area (Å²) >= 11 is 0. The molecular formula is C35H29F2N3. The minimum atomic E-state index is -0.257. The van der Waals surface area contributed by atoms with E-state index in [1.807, 2.05) is 82.3 Å². The van der Waals surface area contributed by atoms with Crippen LogP contribution in [-0.4, -0.2) is 16.4 Å². The molecule has 5 rings (SSSR count). The van der Waals surface area contributed by atoms with Gasteiger partial charge in [0, 0.05) is 0 Å². The second kappa shape index (κ2) is 11.5. The Morgan fingerprint density at radius 3 is 1.30 bits per heavy atom. The van der Waals surface area contributed by atoms with Gasteiger partial charge in [0.2, 0.25) is 0 Å². The first-order chi connectivity index (χ1) is 19.3. The SMILES string of the molecule is CC(=Nc1cccc(-c2ccc(F)cc2)c1C)c1cccc(C(C)=Nc2cccc(-c3ccc(F)cc3)c2C)n1. The van der Waals surface area contributed by atoms with Gasteiger partial charge < -0.3 is 0 Å². The summed E-state index contributed by atoms with van der Waals surface area (Å²) in [5, 5.41) is 0. The van der Waals surface area contributed by atoms with Crippen molar-refractivity contribution in [2.24, 2.45) is 9.98 Å². The van der Waals surface area contributed by atoms with E-state index in [-0.39, 0.29) is 11.6 Å². The number of aromatic nitrogens is 1. The highest BCUT2D eigenvalue weighted by atomic mass is 19.1. The zero-order valence-electron chi connectivity index (χ0n) is 22.9. The molecule has 0 aliphatic heterocycles. The van der Waals surface area contributed by atoms with E-state index in [1.54, 1.807) is 24.3 Å². The fourth-order valence-electron chi connectivity index (χ4n) is 4.69. The van der Waals surface area contributed by atoms with Gasteiger partial charge in [-0.15, -0.1) is 0 Å². The van der Waals surface area contributed by atoms with E-state index in [9.17, 15) is 8.78 Å². The summed E-state index contributed by atoms with van der Waals surface area (Å²) in [4.78, 5) is 14.7. The minimum absolute atomic E-state index is 0.257. The third-order valence-corrected chi connectivity index (χ3v) is 6.99. The minimum Gasteiger partial charge on any atom is -0.251 e. The van der Waals surface area contributed by atoms with Crippen LogP contribution in [0.2, 0.25) is 0 Å². The molecule has 0 spiro atoms. The van der Waals surface area contributed by atoms with Crippen LogP contribution in [0.1, 0.15) is 36.4 Å². The molecule has 0 fully saturated rings. The molecule has 4 aromatic carbocycles. The molecule has 0 saturated heterocycles. The quantitative estimate of drug-likeness (QED) is 0.202. The van der Waals surface area contributed by atoms with Crippen LogP contribution in [0.15, 0.2) is 113 Å². The van der Waals surface area contributed by atoms with E-state index >= 15 is 0 Å². The van der Waals surface area contributed by atoms with E-state index in [2.05, 4.69) is 0 Å². The Labute approximate surface area is 233 Å². The lowest BCUT2D eigenvalue weighted by molar-refractivity contribution is 0.627. The van der Waals surface area contributed by atoms with Crippen molar-refractivity contribution in [2.45, 2.75) is 27.7 Å². The molecule has 0 bridgehead atoms. The van der Waals surface area contributed by atoms with Gasteiger partial charge in [0.15, 0.2) is 0 Å². The van der Waals surface area contributed by atoms with Crippen LogP contribution in [0.4, 0.5) is 20.2 Å². The maximum absolute atomic E-state index is 13.4. The van der Waals surface area contributed by atoms with Crippen molar-refractivity contribution >= 4 is 22.8 Å². The Kier molecular flexibility index (Phi) is 7.74. The second-order valence-corrected chi connectivity index (χ2v) is 9.72. The molecule has 5 heteroatoms. The highest BCUT2D eigenvalue weighted by Gasteiger charge is 2.10. The molecule has 3 nitrogen and oxygen atoms in total. The van der Waals surface area contributed by atoms with Crippen LogP contribution >= 0.6 is 0 Å². The number of halogens is 2. The zero-order valence-corrected chi connectivity index (χ0v) is 22.9. The molecule has 198 valence electrons. The Hall–Kier alpha value is -4.77. The van der Waals surface area contributed by atoms with Gasteiger partial charge in [0.25, 0.3) is 0 Å². The number of hydrogen-bond donors (Lipinski definition) is 0. The smallest absolute Gasteiger partial charge is 0.123 e. The average molecular weight is 530 g/mol. The van der Waals surface area contributed by atoms with E-state index in [4.69, 9.17) is 15.0 Å². The molecule has 40 heavy (non-hydrogen) atoms. The van der Waals surface area contributed by atoms with E-state index in [0.717, 1.165) is 67.6 Å². The molecule has 0 N–H and O–H groups in total. The van der Waals surface area contributed by atoms with Gasteiger partial charge in [-0.1, -0.05) is 54.6 Å². The summed E-state index contributed by atoms with van der Waals surface area (Å²) in [5.74, 6) is -0.515. The van der Waals surface area contributed by atoms with E-state index < -0.39 is 0 Å². The second-order valence-electron chi connectivity index (χ2n) is 9.72. The van der Waals surface area contributed by atoms with Gasteiger partial charge in [-0.2, -0.15) is 0 Å². The van der Waals surface area contributed by atoms with Crippen molar-refractivity contribution in [3.63, 3.8) is 0 Å². The van der Waals surface area contributed by atoms with Crippen LogP contribution in [0, 0.1) is 25.5 Å². The monoisotopic (exact) mass is 529 g/mol. The van der Waals surface area contributed by atoms with Gasteiger partial charge in [-0.05, 0) is 110 Å². The van der Waals surface area contributed by atoms with Gasteiger partial charge in [0.05, 0.1) is 34.2 Å². The standard InChI is InChI=1S/C35H29F2N3/c1-22-30(26-14-18-28(36)19-15-26)8-5-10-32(22)38-24(3)34-12-7-13-35(40-34)25(4)39-33-11-6-9-31(23(33)2)27-16-20-29(37)21-17-27/h5-21H,1-4H3. The third kappa shape index (κ3) is 5.79. The summed E-state index contributed by atoms with van der Waals surface area (Å²) in [6, 6.07) is 30.7. The third-order valence-electron chi connectivity index (χ3n) is 6.99. The summed E-state index contributed by atoms with van der Waals surface area (Å²) in [6.07, 6.45) is 0. The molecular weight excluding hydrogens is 500 g/mol.